The van der Waals surface area contributed by atoms with Crippen LogP contribution >= 0.6 is 0 Å². The van der Waals surface area contributed by atoms with Gasteiger partial charge in [-0.25, -0.2) is 0 Å². The number of alkyl halides is 2. The summed E-state index contributed by atoms with van der Waals surface area (Å²) in [6, 6.07) is 13.3. The Hall–Kier alpha value is -2.96. The van der Waals surface area contributed by atoms with Crippen LogP contribution in [-0.4, -0.2) is 24.5 Å². The molecule has 2 amide bonds. The number of benzene rings is 2. The topological polar surface area (TPSA) is 67.4 Å². The number of carbonyl (C=O) groups excluding carboxylic acids is 2. The Kier molecular flexibility index (Phi) is 5.83. The lowest BCUT2D eigenvalue weighted by molar-refractivity contribution is -0.117. The fourth-order valence-electron chi connectivity index (χ4n) is 1.91. The number of amides is 2. The van der Waals surface area contributed by atoms with Gasteiger partial charge in [-0.15, -0.1) is 0 Å². The largest absolute Gasteiger partial charge is 0.435 e. The Morgan fingerprint density at radius 3 is 2.21 bits per heavy atom. The van der Waals surface area contributed by atoms with E-state index in [1.807, 2.05) is 6.07 Å². The monoisotopic (exact) mass is 334 g/mol. The molecule has 0 radical (unpaired) electrons. The highest BCUT2D eigenvalue weighted by Crippen LogP contribution is 2.15. The zero-order valence-corrected chi connectivity index (χ0v) is 12.8. The van der Waals surface area contributed by atoms with Gasteiger partial charge in [-0.2, -0.15) is 8.78 Å². The normalized spacial score (nSPS) is 11.7. The van der Waals surface area contributed by atoms with E-state index in [2.05, 4.69) is 15.4 Å². The van der Waals surface area contributed by atoms with Gasteiger partial charge < -0.3 is 15.4 Å². The summed E-state index contributed by atoms with van der Waals surface area (Å²) in [4.78, 5) is 24.1. The molecule has 7 heteroatoms. The smallest absolute Gasteiger partial charge is 0.387 e. The second-order valence-electron chi connectivity index (χ2n) is 4.95. The molecule has 24 heavy (non-hydrogen) atoms. The minimum absolute atomic E-state index is 0.0450. The van der Waals surface area contributed by atoms with Crippen LogP contribution in [0.25, 0.3) is 0 Å². The van der Waals surface area contributed by atoms with E-state index < -0.39 is 18.6 Å². The maximum atomic E-state index is 12.1. The molecule has 1 atom stereocenters. The Morgan fingerprint density at radius 1 is 1.00 bits per heavy atom. The minimum atomic E-state index is -2.92. The number of ether oxygens (including phenoxy) is 1. The highest BCUT2D eigenvalue weighted by Gasteiger charge is 2.17. The molecule has 2 aromatic rings. The lowest BCUT2D eigenvalue weighted by atomic mass is 10.2. The molecule has 0 aliphatic rings. The van der Waals surface area contributed by atoms with Crippen LogP contribution in [0.15, 0.2) is 54.6 Å². The summed E-state index contributed by atoms with van der Waals surface area (Å²) in [5.74, 6) is -0.905. The third kappa shape index (κ3) is 5.05. The summed E-state index contributed by atoms with van der Waals surface area (Å²) in [6.07, 6.45) is 0. The van der Waals surface area contributed by atoms with Gasteiger partial charge in [0.25, 0.3) is 5.91 Å². The average Bonchev–Trinajstić information content (AvgIpc) is 2.55. The first-order chi connectivity index (χ1) is 11.5. The van der Waals surface area contributed by atoms with Crippen LogP contribution in [-0.2, 0) is 4.79 Å². The number of hydrogen-bond donors (Lipinski definition) is 2. The van der Waals surface area contributed by atoms with Crippen molar-refractivity contribution in [1.29, 1.82) is 0 Å². The van der Waals surface area contributed by atoms with Gasteiger partial charge in [-0.1, -0.05) is 18.2 Å². The summed E-state index contributed by atoms with van der Waals surface area (Å²) in [5, 5.41) is 5.21. The molecule has 0 saturated carbocycles. The fraction of sp³-hybridized carbons (Fsp3) is 0.176. The Balaban J connectivity index is 1.92. The third-order valence-corrected chi connectivity index (χ3v) is 3.12. The van der Waals surface area contributed by atoms with Crippen LogP contribution in [0, 0.1) is 0 Å². The average molecular weight is 334 g/mol. The zero-order valence-electron chi connectivity index (χ0n) is 12.8. The molecule has 0 aromatic heterocycles. The summed E-state index contributed by atoms with van der Waals surface area (Å²) < 4.78 is 28.4. The summed E-state index contributed by atoms with van der Waals surface area (Å²) in [5.41, 5.74) is 0.855. The van der Waals surface area contributed by atoms with Gasteiger partial charge >= 0.3 is 6.61 Å². The lowest BCUT2D eigenvalue weighted by Gasteiger charge is -2.14. The molecular weight excluding hydrogens is 318 g/mol. The fourth-order valence-corrected chi connectivity index (χ4v) is 1.91. The summed E-state index contributed by atoms with van der Waals surface area (Å²) >= 11 is 0. The van der Waals surface area contributed by atoms with Crippen molar-refractivity contribution in [3.05, 3.63) is 60.2 Å². The summed E-state index contributed by atoms with van der Waals surface area (Å²) in [7, 11) is 0. The number of carbonyl (C=O) groups is 2. The number of hydrogen-bond acceptors (Lipinski definition) is 3. The van der Waals surface area contributed by atoms with Crippen molar-refractivity contribution in [3.8, 4) is 5.75 Å². The van der Waals surface area contributed by atoms with E-state index in [1.54, 1.807) is 31.2 Å². The van der Waals surface area contributed by atoms with E-state index in [0.717, 1.165) is 0 Å². The van der Waals surface area contributed by atoms with Gasteiger partial charge in [-0.05, 0) is 43.3 Å². The Labute approximate surface area is 137 Å². The molecule has 0 aliphatic heterocycles. The van der Waals surface area contributed by atoms with Crippen LogP contribution in [0.5, 0.6) is 5.75 Å². The maximum absolute atomic E-state index is 12.1. The molecule has 2 N–H and O–H groups in total. The van der Waals surface area contributed by atoms with E-state index in [-0.39, 0.29) is 17.2 Å². The molecule has 5 nitrogen and oxygen atoms in total. The van der Waals surface area contributed by atoms with Crippen molar-refractivity contribution in [3.63, 3.8) is 0 Å². The van der Waals surface area contributed by atoms with E-state index >= 15 is 0 Å². The van der Waals surface area contributed by atoms with Gasteiger partial charge in [0, 0.05) is 11.3 Å². The van der Waals surface area contributed by atoms with E-state index in [4.69, 9.17) is 0 Å². The van der Waals surface area contributed by atoms with Crippen LogP contribution in [0.1, 0.15) is 17.3 Å². The molecule has 2 aromatic carbocycles. The van der Waals surface area contributed by atoms with Gasteiger partial charge in [0.05, 0.1) is 0 Å². The van der Waals surface area contributed by atoms with Crippen molar-refractivity contribution in [1.82, 2.24) is 5.32 Å². The molecule has 126 valence electrons. The van der Waals surface area contributed by atoms with Crippen molar-refractivity contribution in [2.75, 3.05) is 5.32 Å². The highest BCUT2D eigenvalue weighted by molar-refractivity contribution is 6.00. The van der Waals surface area contributed by atoms with Gasteiger partial charge in [0.1, 0.15) is 11.8 Å². The van der Waals surface area contributed by atoms with Crippen molar-refractivity contribution < 1.29 is 23.1 Å². The van der Waals surface area contributed by atoms with Crippen LogP contribution in [0.3, 0.4) is 0 Å². The van der Waals surface area contributed by atoms with Gasteiger partial charge in [-0.3, -0.25) is 9.59 Å². The molecule has 2 rings (SSSR count). The lowest BCUT2D eigenvalue weighted by Crippen LogP contribution is -2.41. The van der Waals surface area contributed by atoms with Gasteiger partial charge in [0.15, 0.2) is 0 Å². The molecule has 0 saturated heterocycles. The number of anilines is 1. The van der Waals surface area contributed by atoms with Crippen LogP contribution < -0.4 is 15.4 Å². The first-order valence-corrected chi connectivity index (χ1v) is 7.17. The third-order valence-electron chi connectivity index (χ3n) is 3.12. The number of rotatable bonds is 6. The van der Waals surface area contributed by atoms with Gasteiger partial charge in [0.2, 0.25) is 5.91 Å². The Morgan fingerprint density at radius 2 is 1.62 bits per heavy atom. The van der Waals surface area contributed by atoms with E-state index in [0.29, 0.717) is 5.69 Å². The number of halogens is 2. The minimum Gasteiger partial charge on any atom is -0.435 e. The quantitative estimate of drug-likeness (QED) is 0.853. The Bertz CT molecular complexity index is 691. The molecular formula is C17H16F2N2O3. The molecule has 0 heterocycles. The predicted octanol–water partition coefficient (Wildman–Crippen LogP) is 3.05. The summed E-state index contributed by atoms with van der Waals surface area (Å²) in [6.45, 7) is -1.38. The number of nitrogens with one attached hydrogen (secondary N) is 2. The molecule has 0 fully saturated rings. The zero-order chi connectivity index (χ0) is 17.5. The van der Waals surface area contributed by atoms with Crippen LogP contribution in [0.4, 0.5) is 14.5 Å². The molecule has 1 unspecified atom stereocenters. The predicted molar refractivity (Wildman–Crippen MR) is 85.1 cm³/mol. The van der Waals surface area contributed by atoms with Crippen molar-refractivity contribution in [2.24, 2.45) is 0 Å². The van der Waals surface area contributed by atoms with E-state index in [9.17, 15) is 18.4 Å². The standard InChI is InChI=1S/C17H16F2N2O3/c1-11(15(22)21-13-5-3-2-4-6-13)20-16(23)12-7-9-14(10-8-12)24-17(18)19/h2-11,17H,1H3,(H,20,23)(H,21,22). The molecule has 0 bridgehead atoms. The maximum Gasteiger partial charge on any atom is 0.387 e. The second-order valence-corrected chi connectivity index (χ2v) is 4.95. The highest BCUT2D eigenvalue weighted by atomic mass is 19.3. The molecule has 0 aliphatic carbocycles. The molecule has 0 spiro atoms. The second kappa shape index (κ2) is 8.05. The van der Waals surface area contributed by atoms with Crippen molar-refractivity contribution in [2.45, 2.75) is 19.6 Å². The van der Waals surface area contributed by atoms with Crippen LogP contribution in [0.2, 0.25) is 0 Å². The number of para-hydroxylation sites is 1. The first kappa shape index (κ1) is 17.4. The first-order valence-electron chi connectivity index (χ1n) is 7.17. The SMILES string of the molecule is CC(NC(=O)c1ccc(OC(F)F)cc1)C(=O)Nc1ccccc1. The van der Waals surface area contributed by atoms with E-state index in [1.165, 1.54) is 24.3 Å². The van der Waals surface area contributed by atoms with Crippen molar-refractivity contribution >= 4 is 17.5 Å².